The third-order valence-corrected chi connectivity index (χ3v) is 4.63. The van der Waals surface area contributed by atoms with Crippen LogP contribution in [-0.2, 0) is 16.0 Å². The first kappa shape index (κ1) is 20.4. The van der Waals surface area contributed by atoms with Crippen LogP contribution in [-0.4, -0.2) is 34.9 Å². The molecule has 1 heterocycles. The maximum absolute atomic E-state index is 12.7. The molecule has 0 aliphatic heterocycles. The molecule has 0 saturated heterocycles. The van der Waals surface area contributed by atoms with Crippen molar-refractivity contribution in [1.29, 1.82) is 0 Å². The van der Waals surface area contributed by atoms with Gasteiger partial charge in [0.2, 0.25) is 17.8 Å². The van der Waals surface area contributed by atoms with Crippen molar-refractivity contribution >= 4 is 28.8 Å². The minimum absolute atomic E-state index is 0.161. The van der Waals surface area contributed by atoms with E-state index in [-0.39, 0.29) is 11.8 Å². The number of benzene rings is 2. The lowest BCUT2D eigenvalue weighted by Crippen LogP contribution is -2.44. The highest BCUT2D eigenvalue weighted by Gasteiger charge is 2.21. The number of aryl methyl sites for hydroxylation is 1. The van der Waals surface area contributed by atoms with Crippen molar-refractivity contribution in [3.8, 4) is 5.75 Å². The minimum Gasteiger partial charge on any atom is -0.497 e. The molecule has 1 atom stereocenters. The molecule has 2 aromatic carbocycles. The molecule has 0 aliphatic carbocycles. The zero-order valence-corrected chi connectivity index (χ0v) is 16.7. The fourth-order valence-electron chi connectivity index (χ4n) is 3.13. The SMILES string of the molecule is CCC[C@H](NC(=O)CCc1cccc(OC)c1)C(=O)Nc1nc2ccccc2[nH]1. The Labute approximate surface area is 169 Å². The van der Waals surface area contributed by atoms with Gasteiger partial charge in [0.25, 0.3) is 0 Å². The van der Waals surface area contributed by atoms with Gasteiger partial charge in [0.05, 0.1) is 18.1 Å². The van der Waals surface area contributed by atoms with Crippen LogP contribution in [0.4, 0.5) is 5.95 Å². The number of nitrogens with one attached hydrogen (secondary N) is 3. The standard InChI is InChI=1S/C22H26N4O3/c1-3-7-19(21(28)26-22-24-17-10-4-5-11-18(17)25-22)23-20(27)13-12-15-8-6-9-16(14-15)29-2/h4-6,8-11,14,19H,3,7,12-13H2,1-2H3,(H,23,27)(H2,24,25,26,28)/t19-/m0/s1. The lowest BCUT2D eigenvalue weighted by atomic mass is 10.1. The van der Waals surface area contributed by atoms with Gasteiger partial charge in [0, 0.05) is 6.42 Å². The summed E-state index contributed by atoms with van der Waals surface area (Å²) in [6.45, 7) is 1.98. The minimum atomic E-state index is -0.606. The normalized spacial score (nSPS) is 11.8. The maximum Gasteiger partial charge on any atom is 0.249 e. The van der Waals surface area contributed by atoms with Gasteiger partial charge < -0.3 is 15.0 Å². The summed E-state index contributed by atoms with van der Waals surface area (Å²) in [5.41, 5.74) is 2.63. The smallest absolute Gasteiger partial charge is 0.249 e. The molecule has 0 aliphatic rings. The Morgan fingerprint density at radius 2 is 2.00 bits per heavy atom. The summed E-state index contributed by atoms with van der Waals surface area (Å²) in [4.78, 5) is 32.5. The van der Waals surface area contributed by atoms with Crippen LogP contribution >= 0.6 is 0 Å². The van der Waals surface area contributed by atoms with Crippen molar-refractivity contribution in [1.82, 2.24) is 15.3 Å². The molecular formula is C22H26N4O3. The first-order chi connectivity index (χ1) is 14.1. The number of amides is 2. The number of ether oxygens (including phenoxy) is 1. The summed E-state index contributed by atoms with van der Waals surface area (Å²) < 4.78 is 5.21. The number of para-hydroxylation sites is 2. The molecular weight excluding hydrogens is 368 g/mol. The number of aromatic nitrogens is 2. The maximum atomic E-state index is 12.7. The monoisotopic (exact) mass is 394 g/mol. The van der Waals surface area contributed by atoms with Gasteiger partial charge in [0.1, 0.15) is 11.8 Å². The van der Waals surface area contributed by atoms with Crippen molar-refractivity contribution in [2.45, 2.75) is 38.6 Å². The van der Waals surface area contributed by atoms with Crippen LogP contribution < -0.4 is 15.4 Å². The number of hydrogen-bond acceptors (Lipinski definition) is 4. The molecule has 7 nitrogen and oxygen atoms in total. The number of rotatable bonds is 9. The van der Waals surface area contributed by atoms with Crippen molar-refractivity contribution in [2.75, 3.05) is 12.4 Å². The van der Waals surface area contributed by atoms with Crippen molar-refractivity contribution in [3.63, 3.8) is 0 Å². The number of methoxy groups -OCH3 is 1. The molecule has 0 unspecified atom stereocenters. The largest absolute Gasteiger partial charge is 0.497 e. The molecule has 29 heavy (non-hydrogen) atoms. The molecule has 3 N–H and O–H groups in total. The van der Waals surface area contributed by atoms with Crippen LogP contribution in [0.15, 0.2) is 48.5 Å². The van der Waals surface area contributed by atoms with E-state index in [0.717, 1.165) is 28.8 Å². The molecule has 2 amide bonds. The predicted octanol–water partition coefficient (Wildman–Crippen LogP) is 3.43. The predicted molar refractivity (Wildman–Crippen MR) is 113 cm³/mol. The van der Waals surface area contributed by atoms with E-state index in [9.17, 15) is 9.59 Å². The van der Waals surface area contributed by atoms with Gasteiger partial charge in [-0.15, -0.1) is 0 Å². The average Bonchev–Trinajstić information content (AvgIpc) is 3.14. The van der Waals surface area contributed by atoms with E-state index in [2.05, 4.69) is 20.6 Å². The Hall–Kier alpha value is -3.35. The van der Waals surface area contributed by atoms with Crippen LogP contribution in [0.1, 0.15) is 31.7 Å². The molecule has 3 rings (SSSR count). The lowest BCUT2D eigenvalue weighted by Gasteiger charge is -2.17. The zero-order chi connectivity index (χ0) is 20.6. The fourth-order valence-corrected chi connectivity index (χ4v) is 3.13. The van der Waals surface area contributed by atoms with E-state index in [1.54, 1.807) is 7.11 Å². The molecule has 1 aromatic heterocycles. The van der Waals surface area contributed by atoms with Gasteiger partial charge in [-0.05, 0) is 42.7 Å². The number of fused-ring (bicyclic) bond motifs is 1. The summed E-state index contributed by atoms with van der Waals surface area (Å²) in [7, 11) is 1.61. The first-order valence-electron chi connectivity index (χ1n) is 9.77. The summed E-state index contributed by atoms with van der Waals surface area (Å²) in [5.74, 6) is 0.701. The first-order valence-corrected chi connectivity index (χ1v) is 9.77. The second kappa shape index (κ2) is 9.73. The number of anilines is 1. The van der Waals surface area contributed by atoms with Crippen LogP contribution in [0, 0.1) is 0 Å². The number of carbonyl (C=O) groups is 2. The molecule has 0 saturated carbocycles. The molecule has 152 valence electrons. The molecule has 0 radical (unpaired) electrons. The molecule has 0 bridgehead atoms. The Kier molecular flexibility index (Phi) is 6.84. The third-order valence-electron chi connectivity index (χ3n) is 4.63. The van der Waals surface area contributed by atoms with E-state index in [1.165, 1.54) is 0 Å². The number of nitrogens with zero attached hydrogens (tertiary/aromatic N) is 1. The summed E-state index contributed by atoms with van der Waals surface area (Å²) >= 11 is 0. The molecule has 0 spiro atoms. The fraction of sp³-hybridized carbons (Fsp3) is 0.318. The van der Waals surface area contributed by atoms with Crippen molar-refractivity contribution in [2.24, 2.45) is 0 Å². The van der Waals surface area contributed by atoms with Crippen LogP contribution in [0.25, 0.3) is 11.0 Å². The average molecular weight is 394 g/mol. The molecule has 3 aromatic rings. The van der Waals surface area contributed by atoms with E-state index >= 15 is 0 Å². The van der Waals surface area contributed by atoms with E-state index < -0.39 is 6.04 Å². The van der Waals surface area contributed by atoms with Crippen LogP contribution in [0.2, 0.25) is 0 Å². The number of hydrogen-bond donors (Lipinski definition) is 3. The lowest BCUT2D eigenvalue weighted by molar-refractivity contribution is -0.126. The number of aromatic amines is 1. The van der Waals surface area contributed by atoms with Crippen molar-refractivity contribution in [3.05, 3.63) is 54.1 Å². The third kappa shape index (κ3) is 5.57. The van der Waals surface area contributed by atoms with Crippen LogP contribution in [0.5, 0.6) is 5.75 Å². The van der Waals surface area contributed by atoms with E-state index in [1.807, 2.05) is 55.5 Å². The Morgan fingerprint density at radius 1 is 1.17 bits per heavy atom. The van der Waals surface area contributed by atoms with Gasteiger partial charge in [0.15, 0.2) is 0 Å². The highest BCUT2D eigenvalue weighted by atomic mass is 16.5. The molecule has 0 fully saturated rings. The second-order valence-corrected chi connectivity index (χ2v) is 6.85. The highest BCUT2D eigenvalue weighted by molar-refractivity contribution is 5.97. The number of carbonyl (C=O) groups excluding carboxylic acids is 2. The Morgan fingerprint density at radius 3 is 2.76 bits per heavy atom. The number of imidazole rings is 1. The van der Waals surface area contributed by atoms with E-state index in [4.69, 9.17) is 4.74 Å². The highest BCUT2D eigenvalue weighted by Crippen LogP contribution is 2.15. The summed E-state index contributed by atoms with van der Waals surface area (Å²) in [5, 5.41) is 5.62. The molecule has 7 heteroatoms. The van der Waals surface area contributed by atoms with Gasteiger partial charge in [-0.25, -0.2) is 4.98 Å². The summed E-state index contributed by atoms with van der Waals surface area (Å²) in [6.07, 6.45) is 2.20. The second-order valence-electron chi connectivity index (χ2n) is 6.85. The number of H-pyrrole nitrogens is 1. The van der Waals surface area contributed by atoms with Gasteiger partial charge >= 0.3 is 0 Å². The van der Waals surface area contributed by atoms with Gasteiger partial charge in [-0.3, -0.25) is 14.9 Å². The van der Waals surface area contributed by atoms with Crippen LogP contribution in [0.3, 0.4) is 0 Å². The topological polar surface area (TPSA) is 96.1 Å². The van der Waals surface area contributed by atoms with E-state index in [0.29, 0.717) is 25.2 Å². The zero-order valence-electron chi connectivity index (χ0n) is 16.7. The van der Waals surface area contributed by atoms with Crippen molar-refractivity contribution < 1.29 is 14.3 Å². The quantitative estimate of drug-likeness (QED) is 0.518. The Bertz CT molecular complexity index is 950. The summed E-state index contributed by atoms with van der Waals surface area (Å²) in [6, 6.07) is 14.6. The Balaban J connectivity index is 1.57. The van der Waals surface area contributed by atoms with Gasteiger partial charge in [-0.1, -0.05) is 37.6 Å². The van der Waals surface area contributed by atoms with Gasteiger partial charge in [-0.2, -0.15) is 0 Å².